The van der Waals surface area contributed by atoms with E-state index in [2.05, 4.69) is 15.6 Å². The first-order valence-corrected chi connectivity index (χ1v) is 11.4. The number of hydrogen-bond acceptors (Lipinski definition) is 8. The number of carboxylic acid groups (broad SMARTS) is 1. The predicted octanol–water partition coefficient (Wildman–Crippen LogP) is -3.47. The van der Waals surface area contributed by atoms with Crippen LogP contribution in [0, 0.1) is 0 Å². The van der Waals surface area contributed by atoms with E-state index in [-0.39, 0.29) is 25.5 Å². The highest BCUT2D eigenvalue weighted by Gasteiger charge is 2.38. The number of carbonyl (C=O) groups is 4. The monoisotopic (exact) mass is 486 g/mol. The zero-order valence-corrected chi connectivity index (χ0v) is 19.3. The maximum absolute atomic E-state index is 12.9. The third-order valence-electron chi connectivity index (χ3n) is 5.50. The largest absolute Gasteiger partial charge is 0.480 e. The zero-order chi connectivity index (χ0) is 25.7. The van der Waals surface area contributed by atoms with Crippen molar-refractivity contribution < 1.29 is 29.4 Å². The number of aliphatic carboxylic acids is 1. The highest BCUT2D eigenvalue weighted by molar-refractivity contribution is 5.94. The predicted molar refractivity (Wildman–Crippen MR) is 124 cm³/mol. The number of rotatable bonds is 15. The van der Waals surface area contributed by atoms with Crippen LogP contribution >= 0.6 is 0 Å². The highest BCUT2D eigenvalue weighted by Crippen LogP contribution is 2.18. The Morgan fingerprint density at radius 3 is 2.29 bits per heavy atom. The summed E-state index contributed by atoms with van der Waals surface area (Å²) in [5.41, 5.74) is 22.0. The summed E-state index contributed by atoms with van der Waals surface area (Å²) in [6.07, 6.45) is 3.00. The van der Waals surface area contributed by atoms with Crippen molar-refractivity contribution in [3.05, 3.63) is 0 Å². The molecule has 0 aromatic carbocycles. The summed E-state index contributed by atoms with van der Waals surface area (Å²) in [5.74, 6) is -3.23. The van der Waals surface area contributed by atoms with E-state index in [0.717, 1.165) is 4.90 Å². The second-order valence-corrected chi connectivity index (χ2v) is 8.17. The lowest BCUT2D eigenvalue weighted by atomic mass is 10.1. The van der Waals surface area contributed by atoms with Crippen molar-refractivity contribution in [3.63, 3.8) is 0 Å². The second-order valence-electron chi connectivity index (χ2n) is 8.17. The minimum Gasteiger partial charge on any atom is -0.480 e. The van der Waals surface area contributed by atoms with Crippen molar-refractivity contribution >= 4 is 29.7 Å². The Kier molecular flexibility index (Phi) is 12.8. The van der Waals surface area contributed by atoms with Crippen LogP contribution in [-0.4, -0.2) is 95.2 Å². The number of amides is 3. The summed E-state index contributed by atoms with van der Waals surface area (Å²) < 4.78 is 0. The molecular formula is C20H38N8O6. The first kappa shape index (κ1) is 29.1. The van der Waals surface area contributed by atoms with Gasteiger partial charge in [-0.2, -0.15) is 0 Å². The summed E-state index contributed by atoms with van der Waals surface area (Å²) in [4.78, 5) is 54.6. The standard InChI is InChI=1S/C20H38N8O6/c21-8-2-1-5-12(22)16(30)26-13(6-3-9-25-20(23)24)17(31)27-14(11-29)18(32)28-10-4-7-15(28)19(33)34/h12-15,29H,1-11,21-22H2,(H,26,30)(H,27,31)(H,33,34)(H4,23,24,25). The number of carboxylic acids is 1. The van der Waals surface area contributed by atoms with Crippen LogP contribution in [-0.2, 0) is 19.2 Å². The Labute approximate surface area is 198 Å². The van der Waals surface area contributed by atoms with Gasteiger partial charge in [0.15, 0.2) is 5.96 Å². The minimum atomic E-state index is -1.36. The molecule has 0 spiro atoms. The fraction of sp³-hybridized carbons (Fsp3) is 0.750. The van der Waals surface area contributed by atoms with Crippen LogP contribution < -0.4 is 33.6 Å². The number of nitrogens with two attached hydrogens (primary N) is 4. The highest BCUT2D eigenvalue weighted by atomic mass is 16.4. The third kappa shape index (κ3) is 9.49. The topological polar surface area (TPSA) is 252 Å². The molecule has 0 bridgehead atoms. The number of hydrogen-bond donors (Lipinski definition) is 8. The van der Waals surface area contributed by atoms with Gasteiger partial charge >= 0.3 is 5.97 Å². The summed E-state index contributed by atoms with van der Waals surface area (Å²) in [5, 5.41) is 24.0. The molecule has 1 rings (SSSR count). The molecule has 0 aliphatic carbocycles. The molecule has 1 aliphatic heterocycles. The molecule has 0 radical (unpaired) electrons. The molecule has 1 fully saturated rings. The van der Waals surface area contributed by atoms with E-state index in [9.17, 15) is 29.4 Å². The van der Waals surface area contributed by atoms with Gasteiger partial charge in [-0.25, -0.2) is 4.79 Å². The lowest BCUT2D eigenvalue weighted by Crippen LogP contribution is -2.58. The Morgan fingerprint density at radius 1 is 1.03 bits per heavy atom. The molecule has 14 nitrogen and oxygen atoms in total. The van der Waals surface area contributed by atoms with Crippen LogP contribution in [0.5, 0.6) is 0 Å². The molecule has 14 heteroatoms. The number of unbranched alkanes of at least 4 members (excludes halogenated alkanes) is 1. The van der Waals surface area contributed by atoms with Crippen LogP contribution in [0.3, 0.4) is 0 Å². The number of aliphatic hydroxyl groups is 1. The van der Waals surface area contributed by atoms with Crippen molar-refractivity contribution in [2.45, 2.75) is 69.1 Å². The van der Waals surface area contributed by atoms with E-state index in [0.29, 0.717) is 45.1 Å². The molecule has 1 saturated heterocycles. The fourth-order valence-electron chi connectivity index (χ4n) is 3.64. The van der Waals surface area contributed by atoms with Gasteiger partial charge in [-0.1, -0.05) is 6.42 Å². The van der Waals surface area contributed by atoms with Gasteiger partial charge in [0, 0.05) is 13.1 Å². The van der Waals surface area contributed by atoms with Crippen LogP contribution in [0.1, 0.15) is 44.9 Å². The van der Waals surface area contributed by atoms with Crippen LogP contribution in [0.15, 0.2) is 4.99 Å². The van der Waals surface area contributed by atoms with Crippen LogP contribution in [0.25, 0.3) is 0 Å². The van der Waals surface area contributed by atoms with Crippen molar-refractivity contribution in [2.24, 2.45) is 27.9 Å². The van der Waals surface area contributed by atoms with E-state index in [1.165, 1.54) is 0 Å². The summed E-state index contributed by atoms with van der Waals surface area (Å²) in [7, 11) is 0. The van der Waals surface area contributed by atoms with Gasteiger partial charge in [-0.15, -0.1) is 0 Å². The van der Waals surface area contributed by atoms with Crippen LogP contribution in [0.4, 0.5) is 0 Å². The quantitative estimate of drug-likeness (QED) is 0.0644. The average Bonchev–Trinajstić information content (AvgIpc) is 3.29. The maximum atomic E-state index is 12.9. The van der Waals surface area contributed by atoms with Gasteiger partial charge in [0.2, 0.25) is 17.7 Å². The lowest BCUT2D eigenvalue weighted by molar-refractivity contribution is -0.150. The molecule has 194 valence electrons. The first-order chi connectivity index (χ1) is 16.1. The van der Waals surface area contributed by atoms with Gasteiger partial charge in [0.05, 0.1) is 12.6 Å². The van der Waals surface area contributed by atoms with E-state index < -0.39 is 54.5 Å². The molecular weight excluding hydrogens is 448 g/mol. The molecule has 1 heterocycles. The van der Waals surface area contributed by atoms with Crippen molar-refractivity contribution in [3.8, 4) is 0 Å². The second kappa shape index (κ2) is 15.0. The molecule has 12 N–H and O–H groups in total. The van der Waals surface area contributed by atoms with Crippen molar-refractivity contribution in [2.75, 3.05) is 26.2 Å². The third-order valence-corrected chi connectivity index (χ3v) is 5.50. The number of nitrogens with zero attached hydrogens (tertiary/aromatic N) is 2. The molecule has 4 atom stereocenters. The van der Waals surface area contributed by atoms with E-state index in [1.807, 2.05) is 0 Å². The normalized spacial score (nSPS) is 18.0. The molecule has 0 aromatic rings. The molecule has 0 aromatic heterocycles. The average molecular weight is 487 g/mol. The molecule has 34 heavy (non-hydrogen) atoms. The first-order valence-electron chi connectivity index (χ1n) is 11.4. The maximum Gasteiger partial charge on any atom is 0.326 e. The van der Waals surface area contributed by atoms with Gasteiger partial charge in [-0.05, 0) is 45.1 Å². The molecule has 4 unspecified atom stereocenters. The summed E-state index contributed by atoms with van der Waals surface area (Å²) >= 11 is 0. The van der Waals surface area contributed by atoms with E-state index in [1.54, 1.807) is 0 Å². The van der Waals surface area contributed by atoms with Gasteiger partial charge in [-0.3, -0.25) is 19.4 Å². The Bertz CT molecular complexity index is 730. The number of aliphatic hydroxyl groups excluding tert-OH is 1. The Morgan fingerprint density at radius 2 is 1.71 bits per heavy atom. The molecule has 1 aliphatic rings. The van der Waals surface area contributed by atoms with Gasteiger partial charge in [0.25, 0.3) is 0 Å². The Balaban J connectivity index is 2.86. The van der Waals surface area contributed by atoms with E-state index in [4.69, 9.17) is 22.9 Å². The fourth-order valence-corrected chi connectivity index (χ4v) is 3.64. The molecule has 0 saturated carbocycles. The van der Waals surface area contributed by atoms with Crippen molar-refractivity contribution in [1.29, 1.82) is 0 Å². The smallest absolute Gasteiger partial charge is 0.326 e. The number of guanidine groups is 1. The Hall–Kier alpha value is -2.97. The lowest BCUT2D eigenvalue weighted by Gasteiger charge is -2.28. The summed E-state index contributed by atoms with van der Waals surface area (Å²) in [6, 6.07) is -4.29. The number of nitrogens with one attached hydrogen (secondary N) is 2. The zero-order valence-electron chi connectivity index (χ0n) is 19.3. The molecule has 3 amide bonds. The van der Waals surface area contributed by atoms with E-state index >= 15 is 0 Å². The van der Waals surface area contributed by atoms with Crippen LogP contribution in [0.2, 0.25) is 0 Å². The van der Waals surface area contributed by atoms with Crippen molar-refractivity contribution in [1.82, 2.24) is 15.5 Å². The van der Waals surface area contributed by atoms with Gasteiger partial charge < -0.3 is 48.7 Å². The number of likely N-dealkylation sites (tertiary alicyclic amines) is 1. The SMILES string of the molecule is NCCCCC(N)C(=O)NC(CCCN=C(N)N)C(=O)NC(CO)C(=O)N1CCCC1C(=O)O. The van der Waals surface area contributed by atoms with Gasteiger partial charge in [0.1, 0.15) is 18.1 Å². The minimum absolute atomic E-state index is 0.114. The summed E-state index contributed by atoms with van der Waals surface area (Å²) in [6.45, 7) is 0.153. The number of aliphatic imine (C=N–C) groups is 1. The number of carbonyl (C=O) groups excluding carboxylic acids is 3.